The molecule has 0 amide bonds. The van der Waals surface area contributed by atoms with Crippen LogP contribution < -0.4 is 4.90 Å². The largest absolute Gasteiger partial charge is 0.469 e. The van der Waals surface area contributed by atoms with Crippen LogP contribution in [0.1, 0.15) is 44.0 Å². The van der Waals surface area contributed by atoms with Gasteiger partial charge < -0.3 is 14.4 Å². The Morgan fingerprint density at radius 1 is 1.09 bits per heavy atom. The lowest BCUT2D eigenvalue weighted by atomic mass is 9.96. The number of anilines is 1. The average Bonchev–Trinajstić information content (AvgIpc) is 2.53. The Morgan fingerprint density at radius 3 is 2.13 bits per heavy atom. The highest BCUT2D eigenvalue weighted by atomic mass is 16.6. The number of methoxy groups -OCH3 is 1. The van der Waals surface area contributed by atoms with Gasteiger partial charge >= 0.3 is 11.9 Å². The molecule has 1 heterocycles. The van der Waals surface area contributed by atoms with Crippen molar-refractivity contribution in [3.8, 4) is 0 Å². The van der Waals surface area contributed by atoms with Crippen LogP contribution in [0.25, 0.3) is 0 Å². The molecule has 5 heteroatoms. The molecule has 0 bridgehead atoms. The fraction of sp³-hybridized carbons (Fsp3) is 0.556. The molecule has 0 N–H and O–H groups in total. The number of ether oxygens (including phenoxy) is 2. The third kappa shape index (κ3) is 4.71. The highest BCUT2D eigenvalue weighted by Gasteiger charge is 2.26. The van der Waals surface area contributed by atoms with Crippen molar-refractivity contribution in [2.75, 3.05) is 25.1 Å². The third-order valence-corrected chi connectivity index (χ3v) is 3.90. The van der Waals surface area contributed by atoms with Crippen LogP contribution in [-0.2, 0) is 14.3 Å². The first-order valence-electron chi connectivity index (χ1n) is 7.96. The zero-order chi connectivity index (χ0) is 17.0. The van der Waals surface area contributed by atoms with Crippen molar-refractivity contribution in [1.29, 1.82) is 0 Å². The summed E-state index contributed by atoms with van der Waals surface area (Å²) in [5, 5.41) is 0. The summed E-state index contributed by atoms with van der Waals surface area (Å²) in [4.78, 5) is 25.8. The molecule has 0 unspecified atom stereocenters. The molecule has 0 spiro atoms. The molecule has 0 atom stereocenters. The Hall–Kier alpha value is -2.04. The van der Waals surface area contributed by atoms with E-state index in [4.69, 9.17) is 9.47 Å². The molecule has 1 aliphatic rings. The summed E-state index contributed by atoms with van der Waals surface area (Å²) >= 11 is 0. The molecule has 1 aliphatic heterocycles. The zero-order valence-corrected chi connectivity index (χ0v) is 14.3. The molecule has 1 aromatic carbocycles. The van der Waals surface area contributed by atoms with Crippen molar-refractivity contribution in [2.24, 2.45) is 5.92 Å². The van der Waals surface area contributed by atoms with Gasteiger partial charge in [-0.15, -0.1) is 0 Å². The van der Waals surface area contributed by atoms with Gasteiger partial charge in [0.25, 0.3) is 0 Å². The molecule has 1 saturated heterocycles. The van der Waals surface area contributed by atoms with E-state index in [-0.39, 0.29) is 17.9 Å². The highest BCUT2D eigenvalue weighted by molar-refractivity contribution is 5.90. The summed E-state index contributed by atoms with van der Waals surface area (Å²) in [6.07, 6.45) is 1.58. The zero-order valence-electron chi connectivity index (χ0n) is 14.3. The van der Waals surface area contributed by atoms with Crippen molar-refractivity contribution >= 4 is 17.6 Å². The first-order chi connectivity index (χ1) is 10.8. The number of nitrogens with zero attached hydrogens (tertiary/aromatic N) is 1. The van der Waals surface area contributed by atoms with Gasteiger partial charge in [-0.2, -0.15) is 0 Å². The van der Waals surface area contributed by atoms with Gasteiger partial charge in [0.05, 0.1) is 18.6 Å². The second-order valence-corrected chi connectivity index (χ2v) is 6.83. The molecule has 23 heavy (non-hydrogen) atoms. The van der Waals surface area contributed by atoms with Crippen LogP contribution in [0.5, 0.6) is 0 Å². The number of carbonyl (C=O) groups is 2. The van der Waals surface area contributed by atoms with Gasteiger partial charge in [0.15, 0.2) is 0 Å². The van der Waals surface area contributed by atoms with Crippen LogP contribution in [-0.4, -0.2) is 37.7 Å². The molecule has 0 aliphatic carbocycles. The number of hydrogen-bond donors (Lipinski definition) is 0. The average molecular weight is 319 g/mol. The van der Waals surface area contributed by atoms with E-state index in [1.165, 1.54) is 7.11 Å². The lowest BCUT2D eigenvalue weighted by Crippen LogP contribution is -2.36. The van der Waals surface area contributed by atoms with Gasteiger partial charge in [0.1, 0.15) is 5.60 Å². The summed E-state index contributed by atoms with van der Waals surface area (Å²) in [7, 11) is 1.43. The SMILES string of the molecule is COC(=O)C1CCN(c2ccc(C(=O)OC(C)(C)C)cc2)CC1. The van der Waals surface area contributed by atoms with E-state index in [9.17, 15) is 9.59 Å². The predicted octanol–water partition coefficient (Wildman–Crippen LogP) is 3.03. The summed E-state index contributed by atoms with van der Waals surface area (Å²) in [5.41, 5.74) is 1.11. The van der Waals surface area contributed by atoms with Gasteiger partial charge in [-0.05, 0) is 57.9 Å². The summed E-state index contributed by atoms with van der Waals surface area (Å²) < 4.78 is 10.2. The Morgan fingerprint density at radius 2 is 1.65 bits per heavy atom. The van der Waals surface area contributed by atoms with Crippen LogP contribution in [0.3, 0.4) is 0 Å². The minimum atomic E-state index is -0.495. The number of piperidine rings is 1. The fourth-order valence-electron chi connectivity index (χ4n) is 2.69. The van der Waals surface area contributed by atoms with Gasteiger partial charge in [0.2, 0.25) is 0 Å². The summed E-state index contributed by atoms with van der Waals surface area (Å²) in [6.45, 7) is 7.18. The minimum absolute atomic E-state index is 0.00251. The Kier molecular flexibility index (Phi) is 5.29. The van der Waals surface area contributed by atoms with Crippen LogP contribution in [0.15, 0.2) is 24.3 Å². The fourth-order valence-corrected chi connectivity index (χ4v) is 2.69. The van der Waals surface area contributed by atoms with Crippen molar-refractivity contribution in [3.63, 3.8) is 0 Å². The molecule has 0 radical (unpaired) electrons. The molecule has 0 saturated carbocycles. The quantitative estimate of drug-likeness (QED) is 0.802. The number of benzene rings is 1. The van der Waals surface area contributed by atoms with Gasteiger partial charge in [-0.1, -0.05) is 0 Å². The lowest BCUT2D eigenvalue weighted by Gasteiger charge is -2.32. The van der Waals surface area contributed by atoms with E-state index in [1.807, 2.05) is 32.9 Å². The standard InChI is InChI=1S/C18H25NO4/c1-18(2,3)23-17(21)13-5-7-15(8-6-13)19-11-9-14(10-12-19)16(20)22-4/h5-8,14H,9-12H2,1-4H3. The monoisotopic (exact) mass is 319 g/mol. The molecular weight excluding hydrogens is 294 g/mol. The summed E-state index contributed by atoms with van der Waals surface area (Å²) in [6, 6.07) is 7.43. The molecule has 1 fully saturated rings. The smallest absolute Gasteiger partial charge is 0.338 e. The van der Waals surface area contributed by atoms with Gasteiger partial charge in [0, 0.05) is 18.8 Å². The van der Waals surface area contributed by atoms with Crippen molar-refractivity contribution in [1.82, 2.24) is 0 Å². The minimum Gasteiger partial charge on any atom is -0.469 e. The first-order valence-corrected chi connectivity index (χ1v) is 7.96. The van der Waals surface area contributed by atoms with E-state index in [0.29, 0.717) is 5.56 Å². The molecule has 5 nitrogen and oxygen atoms in total. The second-order valence-electron chi connectivity index (χ2n) is 6.83. The van der Waals surface area contributed by atoms with Crippen LogP contribution in [0.2, 0.25) is 0 Å². The topological polar surface area (TPSA) is 55.8 Å². The van der Waals surface area contributed by atoms with Crippen LogP contribution in [0, 0.1) is 5.92 Å². The normalized spacial score (nSPS) is 16.1. The maximum Gasteiger partial charge on any atom is 0.338 e. The maximum absolute atomic E-state index is 12.0. The van der Waals surface area contributed by atoms with Crippen LogP contribution in [0.4, 0.5) is 5.69 Å². The number of rotatable bonds is 3. The van der Waals surface area contributed by atoms with Crippen molar-refractivity contribution in [2.45, 2.75) is 39.2 Å². The molecule has 1 aromatic rings. The van der Waals surface area contributed by atoms with Crippen molar-refractivity contribution in [3.05, 3.63) is 29.8 Å². The predicted molar refractivity (Wildman–Crippen MR) is 88.6 cm³/mol. The molecule has 0 aromatic heterocycles. The number of hydrogen-bond acceptors (Lipinski definition) is 5. The van der Waals surface area contributed by atoms with E-state index in [2.05, 4.69) is 4.90 Å². The summed E-state index contributed by atoms with van der Waals surface area (Å²) in [5.74, 6) is -0.435. The first kappa shape index (κ1) is 17.3. The van der Waals surface area contributed by atoms with Crippen molar-refractivity contribution < 1.29 is 19.1 Å². The van der Waals surface area contributed by atoms with E-state index in [1.54, 1.807) is 12.1 Å². The Bertz CT molecular complexity index is 551. The molecular formula is C18H25NO4. The number of carbonyl (C=O) groups excluding carboxylic acids is 2. The third-order valence-electron chi connectivity index (χ3n) is 3.90. The highest BCUT2D eigenvalue weighted by Crippen LogP contribution is 2.24. The second kappa shape index (κ2) is 7.02. The van der Waals surface area contributed by atoms with Crippen LogP contribution >= 0.6 is 0 Å². The molecule has 2 rings (SSSR count). The van der Waals surface area contributed by atoms with E-state index in [0.717, 1.165) is 31.6 Å². The maximum atomic E-state index is 12.0. The molecule has 126 valence electrons. The van der Waals surface area contributed by atoms with E-state index < -0.39 is 5.60 Å². The van der Waals surface area contributed by atoms with Gasteiger partial charge in [-0.25, -0.2) is 4.79 Å². The van der Waals surface area contributed by atoms with E-state index >= 15 is 0 Å². The van der Waals surface area contributed by atoms with Gasteiger partial charge in [-0.3, -0.25) is 4.79 Å². The lowest BCUT2D eigenvalue weighted by molar-refractivity contribution is -0.146. The number of esters is 2. The Balaban J connectivity index is 1.96. The Labute approximate surface area is 137 Å².